The molecule has 1 aliphatic carbocycles. The van der Waals surface area contributed by atoms with Gasteiger partial charge in [0.1, 0.15) is 23.5 Å². The van der Waals surface area contributed by atoms with Gasteiger partial charge in [0, 0.05) is 19.3 Å². The highest BCUT2D eigenvalue weighted by Gasteiger charge is 2.29. The molecule has 0 heterocycles. The number of esters is 1. The lowest BCUT2D eigenvalue weighted by molar-refractivity contribution is -0.143. The summed E-state index contributed by atoms with van der Waals surface area (Å²) in [6.07, 6.45) is 0.676. The predicted molar refractivity (Wildman–Crippen MR) is 95.0 cm³/mol. The fourth-order valence-electron chi connectivity index (χ4n) is 2.55. The molecule has 26 heavy (non-hydrogen) atoms. The van der Waals surface area contributed by atoms with Crippen molar-refractivity contribution in [1.29, 1.82) is 0 Å². The molecule has 1 atom stereocenters. The topological polar surface area (TPSA) is 94.1 Å². The summed E-state index contributed by atoms with van der Waals surface area (Å²) in [5, 5.41) is 11.8. The van der Waals surface area contributed by atoms with Crippen LogP contribution in [0.5, 0.6) is 5.75 Å². The fourth-order valence-corrected chi connectivity index (χ4v) is 2.55. The first-order chi connectivity index (χ1) is 12.2. The molecule has 1 aliphatic rings. The Hall–Kier alpha value is -2.28. The molecule has 1 aromatic rings. The van der Waals surface area contributed by atoms with Crippen LogP contribution in [0, 0.1) is 0 Å². The lowest BCUT2D eigenvalue weighted by Gasteiger charge is -2.31. The summed E-state index contributed by atoms with van der Waals surface area (Å²) in [4.78, 5) is 23.9. The lowest BCUT2D eigenvalue weighted by atomic mass is 9.92. The summed E-state index contributed by atoms with van der Waals surface area (Å²) in [6, 6.07) is 6.43. The van der Waals surface area contributed by atoms with Gasteiger partial charge < -0.3 is 24.6 Å². The van der Waals surface area contributed by atoms with Crippen molar-refractivity contribution in [2.75, 3.05) is 7.11 Å². The third-order valence-electron chi connectivity index (χ3n) is 3.91. The fraction of sp³-hybridized carbons (Fsp3) is 0.579. The van der Waals surface area contributed by atoms with E-state index in [0.717, 1.165) is 5.56 Å². The average molecular weight is 365 g/mol. The molecule has 0 unspecified atom stereocenters. The number of nitrogens with one attached hydrogen (secondary N) is 1. The second-order valence-electron chi connectivity index (χ2n) is 7.44. The number of amides is 1. The number of hydrogen-bond acceptors (Lipinski definition) is 6. The second kappa shape index (κ2) is 8.40. The molecule has 2 rings (SSSR count). The third-order valence-corrected chi connectivity index (χ3v) is 3.91. The molecule has 0 spiro atoms. The summed E-state index contributed by atoms with van der Waals surface area (Å²) in [7, 11) is 1.27. The van der Waals surface area contributed by atoms with Crippen molar-refractivity contribution < 1.29 is 28.9 Å². The number of ether oxygens (including phenoxy) is 3. The van der Waals surface area contributed by atoms with Gasteiger partial charge in [-0.1, -0.05) is 12.1 Å². The van der Waals surface area contributed by atoms with E-state index in [4.69, 9.17) is 14.2 Å². The standard InChI is InChI=1S/C19H27NO6/c1-19(2,3)26-18(23)20-16(17(22)24-4)9-12-5-7-14(8-6-12)25-15-10-13(21)11-15/h5-8,13,15-16,21H,9-11H2,1-4H3,(H,20,23)/t13-,15-,16-/m0/s1. The summed E-state index contributed by atoms with van der Waals surface area (Å²) in [5.74, 6) is 0.167. The van der Waals surface area contributed by atoms with E-state index >= 15 is 0 Å². The summed E-state index contributed by atoms with van der Waals surface area (Å²) < 4.78 is 15.7. The van der Waals surface area contributed by atoms with Crippen molar-refractivity contribution in [3.05, 3.63) is 29.8 Å². The van der Waals surface area contributed by atoms with Gasteiger partial charge in [-0.25, -0.2) is 9.59 Å². The Kier molecular flexibility index (Phi) is 6.47. The van der Waals surface area contributed by atoms with Gasteiger partial charge >= 0.3 is 12.1 Å². The normalized spacial score (nSPS) is 20.5. The average Bonchev–Trinajstić information content (AvgIpc) is 2.52. The maximum absolute atomic E-state index is 12.0. The van der Waals surface area contributed by atoms with Crippen LogP contribution in [0.15, 0.2) is 24.3 Å². The zero-order valence-corrected chi connectivity index (χ0v) is 15.7. The second-order valence-corrected chi connectivity index (χ2v) is 7.44. The van der Waals surface area contributed by atoms with Gasteiger partial charge in [0.25, 0.3) is 0 Å². The van der Waals surface area contributed by atoms with Crippen LogP contribution >= 0.6 is 0 Å². The molecule has 0 radical (unpaired) electrons. The van der Waals surface area contributed by atoms with E-state index in [0.29, 0.717) is 18.6 Å². The maximum Gasteiger partial charge on any atom is 0.408 e. The number of rotatable bonds is 6. The van der Waals surface area contributed by atoms with Crippen molar-refractivity contribution >= 4 is 12.1 Å². The van der Waals surface area contributed by atoms with Crippen LogP contribution in [0.4, 0.5) is 4.79 Å². The first kappa shape index (κ1) is 20.0. The molecule has 0 aromatic heterocycles. The van der Waals surface area contributed by atoms with E-state index in [1.54, 1.807) is 20.8 Å². The van der Waals surface area contributed by atoms with Crippen LogP contribution in [0.2, 0.25) is 0 Å². The quantitative estimate of drug-likeness (QED) is 0.751. The number of aliphatic hydroxyl groups excluding tert-OH is 1. The molecule has 0 aliphatic heterocycles. The molecule has 7 nitrogen and oxygen atoms in total. The van der Waals surface area contributed by atoms with Crippen molar-refractivity contribution in [3.63, 3.8) is 0 Å². The Bertz CT molecular complexity index is 616. The van der Waals surface area contributed by atoms with Gasteiger partial charge in [-0.15, -0.1) is 0 Å². The smallest absolute Gasteiger partial charge is 0.408 e. The Morgan fingerprint density at radius 1 is 1.23 bits per heavy atom. The SMILES string of the molecule is COC(=O)[C@H](Cc1ccc(O[C@H]2C[C@H](O)C2)cc1)NC(=O)OC(C)(C)C. The third kappa shape index (κ3) is 6.22. The molecule has 1 aromatic carbocycles. The Morgan fingerprint density at radius 2 is 1.85 bits per heavy atom. The number of alkyl carbamates (subject to hydrolysis) is 1. The molecule has 1 amide bonds. The molecule has 1 saturated carbocycles. The zero-order chi connectivity index (χ0) is 19.3. The predicted octanol–water partition coefficient (Wildman–Crippen LogP) is 2.20. The largest absolute Gasteiger partial charge is 0.490 e. The Labute approximate surface area is 153 Å². The number of hydrogen-bond donors (Lipinski definition) is 2. The van der Waals surface area contributed by atoms with Crippen molar-refractivity contribution in [2.45, 2.75) is 63.9 Å². The van der Waals surface area contributed by atoms with Gasteiger partial charge in [0.2, 0.25) is 0 Å². The number of methoxy groups -OCH3 is 1. The molecule has 1 fully saturated rings. The minimum Gasteiger partial charge on any atom is -0.490 e. The van der Waals surface area contributed by atoms with E-state index in [9.17, 15) is 14.7 Å². The summed E-state index contributed by atoms with van der Waals surface area (Å²) >= 11 is 0. The van der Waals surface area contributed by atoms with Crippen LogP contribution in [-0.2, 0) is 20.7 Å². The number of carbonyl (C=O) groups is 2. The van der Waals surface area contributed by atoms with E-state index in [2.05, 4.69) is 5.32 Å². The van der Waals surface area contributed by atoms with Gasteiger partial charge in [-0.2, -0.15) is 0 Å². The maximum atomic E-state index is 12.0. The molecule has 0 saturated heterocycles. The van der Waals surface area contributed by atoms with Crippen LogP contribution in [0.1, 0.15) is 39.2 Å². The lowest BCUT2D eigenvalue weighted by Crippen LogP contribution is -2.45. The molecular weight excluding hydrogens is 338 g/mol. The van der Waals surface area contributed by atoms with Crippen LogP contribution < -0.4 is 10.1 Å². The first-order valence-corrected chi connectivity index (χ1v) is 8.67. The van der Waals surface area contributed by atoms with Crippen molar-refractivity contribution in [2.24, 2.45) is 0 Å². The molecule has 144 valence electrons. The van der Waals surface area contributed by atoms with E-state index in [1.807, 2.05) is 24.3 Å². The van der Waals surface area contributed by atoms with Gasteiger partial charge in [0.05, 0.1) is 13.2 Å². The molecule has 7 heteroatoms. The number of carbonyl (C=O) groups excluding carboxylic acids is 2. The first-order valence-electron chi connectivity index (χ1n) is 8.67. The van der Waals surface area contributed by atoms with Crippen LogP contribution in [0.3, 0.4) is 0 Å². The van der Waals surface area contributed by atoms with Crippen LogP contribution in [0.25, 0.3) is 0 Å². The molecule has 0 bridgehead atoms. The molecular formula is C19H27NO6. The van der Waals surface area contributed by atoms with Crippen molar-refractivity contribution in [1.82, 2.24) is 5.32 Å². The highest BCUT2D eigenvalue weighted by atomic mass is 16.6. The van der Waals surface area contributed by atoms with E-state index in [-0.39, 0.29) is 18.6 Å². The van der Waals surface area contributed by atoms with Gasteiger partial charge in [0.15, 0.2) is 0 Å². The van der Waals surface area contributed by atoms with E-state index in [1.165, 1.54) is 7.11 Å². The minimum atomic E-state index is -0.844. The molecule has 2 N–H and O–H groups in total. The van der Waals surface area contributed by atoms with E-state index < -0.39 is 23.7 Å². The summed E-state index contributed by atoms with van der Waals surface area (Å²) in [6.45, 7) is 5.25. The number of benzene rings is 1. The highest BCUT2D eigenvalue weighted by Crippen LogP contribution is 2.26. The Balaban J connectivity index is 1.94. The summed E-state index contributed by atoms with van der Waals surface area (Å²) in [5.41, 5.74) is 0.191. The van der Waals surface area contributed by atoms with Crippen molar-refractivity contribution in [3.8, 4) is 5.75 Å². The monoisotopic (exact) mass is 365 g/mol. The van der Waals surface area contributed by atoms with Gasteiger partial charge in [-0.05, 0) is 38.5 Å². The number of aliphatic hydroxyl groups is 1. The van der Waals surface area contributed by atoms with Crippen LogP contribution in [-0.4, -0.2) is 48.1 Å². The zero-order valence-electron chi connectivity index (χ0n) is 15.7. The van der Waals surface area contributed by atoms with Gasteiger partial charge in [-0.3, -0.25) is 0 Å². The highest BCUT2D eigenvalue weighted by molar-refractivity contribution is 5.81. The minimum absolute atomic E-state index is 0.0486. The Morgan fingerprint density at radius 3 is 2.35 bits per heavy atom.